The number of amides is 2. The van der Waals surface area contributed by atoms with E-state index in [1.165, 1.54) is 0 Å². The smallest absolute Gasteiger partial charge is 0.408 e. The number of terminal acetylenes is 1. The molecule has 0 spiro atoms. The van der Waals surface area contributed by atoms with Crippen molar-refractivity contribution >= 4 is 12.0 Å². The minimum atomic E-state index is -0.645. The third kappa shape index (κ3) is 7.35. The maximum Gasteiger partial charge on any atom is 0.408 e. The molecule has 0 radical (unpaired) electrons. The van der Waals surface area contributed by atoms with Crippen LogP contribution in [0.1, 0.15) is 41.0 Å². The summed E-state index contributed by atoms with van der Waals surface area (Å²) in [6.45, 7) is 9.28. The fraction of sp³-hybridized carbons (Fsp3) is 0.714. The first kappa shape index (κ1) is 17.3. The highest BCUT2D eigenvalue weighted by atomic mass is 16.6. The fourth-order valence-electron chi connectivity index (χ4n) is 1.38. The van der Waals surface area contributed by atoms with E-state index in [1.807, 2.05) is 13.8 Å². The van der Waals surface area contributed by atoms with Crippen LogP contribution in [0.3, 0.4) is 0 Å². The van der Waals surface area contributed by atoms with E-state index in [0.717, 1.165) is 6.42 Å². The topological polar surface area (TPSA) is 67.4 Å². The van der Waals surface area contributed by atoms with Gasteiger partial charge < -0.3 is 15.4 Å². The number of carbonyl (C=O) groups excluding carboxylic acids is 2. The van der Waals surface area contributed by atoms with E-state index in [9.17, 15) is 9.59 Å². The Bertz CT molecular complexity index is 353. The lowest BCUT2D eigenvalue weighted by atomic mass is 9.98. The molecule has 0 aliphatic carbocycles. The molecule has 19 heavy (non-hydrogen) atoms. The molecule has 5 nitrogen and oxygen atoms in total. The molecule has 2 N–H and O–H groups in total. The van der Waals surface area contributed by atoms with Crippen LogP contribution in [0.2, 0.25) is 0 Å². The largest absolute Gasteiger partial charge is 0.444 e. The quantitative estimate of drug-likeness (QED) is 0.745. The van der Waals surface area contributed by atoms with Crippen LogP contribution in [-0.2, 0) is 9.53 Å². The molecule has 0 heterocycles. The molecule has 0 aromatic rings. The van der Waals surface area contributed by atoms with E-state index in [0.29, 0.717) is 0 Å². The summed E-state index contributed by atoms with van der Waals surface area (Å²) >= 11 is 0. The Morgan fingerprint density at radius 2 is 1.95 bits per heavy atom. The van der Waals surface area contributed by atoms with Gasteiger partial charge in [-0.05, 0) is 26.7 Å². The molecule has 0 rings (SSSR count). The van der Waals surface area contributed by atoms with Gasteiger partial charge >= 0.3 is 6.09 Å². The lowest BCUT2D eigenvalue weighted by molar-refractivity contribution is -0.124. The Morgan fingerprint density at radius 1 is 1.37 bits per heavy atom. The van der Waals surface area contributed by atoms with Gasteiger partial charge in [-0.3, -0.25) is 4.79 Å². The highest BCUT2D eigenvalue weighted by Crippen LogP contribution is 2.11. The molecule has 0 saturated carbocycles. The standard InChI is InChI=1S/C14H24N2O3/c1-7-9-15-12(17)11(10(3)8-2)16-13(18)19-14(4,5)6/h1,10-11H,8-9H2,2-6H3,(H,15,17)(H,16,18)/t10-,11-/m0/s1. The van der Waals surface area contributed by atoms with Crippen LogP contribution >= 0.6 is 0 Å². The summed E-state index contributed by atoms with van der Waals surface area (Å²) < 4.78 is 5.15. The van der Waals surface area contributed by atoms with Crippen molar-refractivity contribution in [1.29, 1.82) is 0 Å². The summed E-state index contributed by atoms with van der Waals surface area (Å²) in [5.74, 6) is 2.02. The summed E-state index contributed by atoms with van der Waals surface area (Å²) in [6.07, 6.45) is 5.24. The highest BCUT2D eigenvalue weighted by Gasteiger charge is 2.27. The molecule has 0 aliphatic heterocycles. The summed E-state index contributed by atoms with van der Waals surface area (Å²) in [7, 11) is 0. The number of alkyl carbamates (subject to hydrolysis) is 1. The Hall–Kier alpha value is -1.70. The van der Waals surface area contributed by atoms with E-state index < -0.39 is 17.7 Å². The number of hydrogen-bond acceptors (Lipinski definition) is 3. The zero-order valence-electron chi connectivity index (χ0n) is 12.4. The molecular formula is C14H24N2O3. The summed E-state index contributed by atoms with van der Waals surface area (Å²) in [6, 6.07) is -0.645. The summed E-state index contributed by atoms with van der Waals surface area (Å²) in [5.41, 5.74) is -0.598. The van der Waals surface area contributed by atoms with Crippen molar-refractivity contribution in [3.8, 4) is 12.3 Å². The van der Waals surface area contributed by atoms with Gasteiger partial charge in [0.15, 0.2) is 0 Å². The van der Waals surface area contributed by atoms with Crippen LogP contribution in [0.4, 0.5) is 4.79 Å². The monoisotopic (exact) mass is 268 g/mol. The second kappa shape index (κ2) is 7.67. The average molecular weight is 268 g/mol. The van der Waals surface area contributed by atoms with Gasteiger partial charge in [-0.15, -0.1) is 6.42 Å². The van der Waals surface area contributed by atoms with Crippen molar-refractivity contribution in [1.82, 2.24) is 10.6 Å². The van der Waals surface area contributed by atoms with E-state index in [4.69, 9.17) is 11.2 Å². The van der Waals surface area contributed by atoms with Crippen molar-refractivity contribution in [3.63, 3.8) is 0 Å². The number of rotatable bonds is 5. The van der Waals surface area contributed by atoms with Crippen LogP contribution in [0, 0.1) is 18.3 Å². The fourth-order valence-corrected chi connectivity index (χ4v) is 1.38. The van der Waals surface area contributed by atoms with Gasteiger partial charge in [-0.1, -0.05) is 26.2 Å². The van der Waals surface area contributed by atoms with Crippen molar-refractivity contribution in [2.45, 2.75) is 52.7 Å². The number of nitrogens with one attached hydrogen (secondary N) is 2. The van der Waals surface area contributed by atoms with Crippen molar-refractivity contribution in [2.24, 2.45) is 5.92 Å². The molecule has 0 aliphatic rings. The van der Waals surface area contributed by atoms with Crippen LogP contribution < -0.4 is 10.6 Å². The molecule has 0 aromatic carbocycles. The molecule has 0 fully saturated rings. The molecule has 0 saturated heterocycles. The second-order valence-electron chi connectivity index (χ2n) is 5.43. The third-order valence-corrected chi connectivity index (χ3v) is 2.53. The zero-order valence-corrected chi connectivity index (χ0v) is 12.4. The number of hydrogen-bond donors (Lipinski definition) is 2. The zero-order chi connectivity index (χ0) is 15.1. The van der Waals surface area contributed by atoms with Crippen LogP contribution in [0.25, 0.3) is 0 Å². The van der Waals surface area contributed by atoms with E-state index >= 15 is 0 Å². The minimum Gasteiger partial charge on any atom is -0.444 e. The normalized spacial score (nSPS) is 13.9. The van der Waals surface area contributed by atoms with Crippen molar-refractivity contribution in [3.05, 3.63) is 0 Å². The van der Waals surface area contributed by atoms with E-state index in [2.05, 4.69) is 16.6 Å². The van der Waals surface area contributed by atoms with Gasteiger partial charge in [0.1, 0.15) is 11.6 Å². The Balaban J connectivity index is 4.65. The first-order valence-electron chi connectivity index (χ1n) is 6.42. The first-order chi connectivity index (χ1) is 8.71. The molecule has 108 valence electrons. The second-order valence-corrected chi connectivity index (χ2v) is 5.43. The predicted molar refractivity (Wildman–Crippen MR) is 74.5 cm³/mol. The SMILES string of the molecule is C#CCNC(=O)[C@@H](NC(=O)OC(C)(C)C)[C@@H](C)CC. The van der Waals surface area contributed by atoms with Crippen LogP contribution in [-0.4, -0.2) is 30.2 Å². The number of ether oxygens (including phenoxy) is 1. The lowest BCUT2D eigenvalue weighted by Gasteiger charge is -2.26. The third-order valence-electron chi connectivity index (χ3n) is 2.53. The van der Waals surface area contributed by atoms with Gasteiger partial charge in [0.05, 0.1) is 6.54 Å². The maximum absolute atomic E-state index is 11.9. The highest BCUT2D eigenvalue weighted by molar-refractivity contribution is 5.86. The molecule has 0 unspecified atom stereocenters. The summed E-state index contributed by atoms with van der Waals surface area (Å²) in [4.78, 5) is 23.6. The van der Waals surface area contributed by atoms with E-state index in [-0.39, 0.29) is 18.4 Å². The van der Waals surface area contributed by atoms with Crippen LogP contribution in [0.5, 0.6) is 0 Å². The molecule has 0 aromatic heterocycles. The maximum atomic E-state index is 11.9. The first-order valence-corrected chi connectivity index (χ1v) is 6.42. The number of carbonyl (C=O) groups is 2. The van der Waals surface area contributed by atoms with Gasteiger partial charge in [0, 0.05) is 0 Å². The van der Waals surface area contributed by atoms with Gasteiger partial charge in [-0.2, -0.15) is 0 Å². The van der Waals surface area contributed by atoms with Crippen molar-refractivity contribution < 1.29 is 14.3 Å². The predicted octanol–water partition coefficient (Wildman–Crippen LogP) is 1.68. The average Bonchev–Trinajstić information content (AvgIpc) is 2.29. The summed E-state index contributed by atoms with van der Waals surface area (Å²) in [5, 5.41) is 5.16. The minimum absolute atomic E-state index is 0.00899. The Kier molecular flexibility index (Phi) is 6.99. The molecule has 5 heteroatoms. The van der Waals surface area contributed by atoms with E-state index in [1.54, 1.807) is 20.8 Å². The van der Waals surface area contributed by atoms with Gasteiger partial charge in [-0.25, -0.2) is 4.79 Å². The molecule has 2 atom stereocenters. The Morgan fingerprint density at radius 3 is 2.37 bits per heavy atom. The molecule has 2 amide bonds. The Labute approximate surface area is 115 Å². The van der Waals surface area contributed by atoms with Gasteiger partial charge in [0.2, 0.25) is 5.91 Å². The molecular weight excluding hydrogens is 244 g/mol. The van der Waals surface area contributed by atoms with Gasteiger partial charge in [0.25, 0.3) is 0 Å². The van der Waals surface area contributed by atoms with Crippen molar-refractivity contribution in [2.75, 3.05) is 6.54 Å². The molecule has 0 bridgehead atoms. The lowest BCUT2D eigenvalue weighted by Crippen LogP contribution is -2.51. The van der Waals surface area contributed by atoms with Crippen LogP contribution in [0.15, 0.2) is 0 Å².